The quantitative estimate of drug-likeness (QED) is 0.598. The van der Waals surface area contributed by atoms with Gasteiger partial charge in [0.05, 0.1) is 23.7 Å². The molecule has 5 heteroatoms. The van der Waals surface area contributed by atoms with Crippen LogP contribution in [0.4, 0.5) is 0 Å². The molecule has 0 aliphatic carbocycles. The Morgan fingerprint density at radius 2 is 1.96 bits per heavy atom. The van der Waals surface area contributed by atoms with Gasteiger partial charge in [0, 0.05) is 11.9 Å². The van der Waals surface area contributed by atoms with Gasteiger partial charge in [0.2, 0.25) is 0 Å². The summed E-state index contributed by atoms with van der Waals surface area (Å²) >= 11 is 3.57. The zero-order valence-electron chi connectivity index (χ0n) is 13.6. The molecular weight excluding hydrogens is 370 g/mol. The molecule has 3 aromatic rings. The first-order valence-corrected chi connectivity index (χ1v) is 8.51. The molecule has 0 atom stereocenters. The van der Waals surface area contributed by atoms with Gasteiger partial charge in [-0.25, -0.2) is 4.79 Å². The van der Waals surface area contributed by atoms with Crippen LogP contribution >= 0.6 is 15.9 Å². The van der Waals surface area contributed by atoms with Crippen molar-refractivity contribution in [3.05, 3.63) is 64.3 Å². The van der Waals surface area contributed by atoms with Gasteiger partial charge in [-0.05, 0) is 46.6 Å². The molecule has 0 fully saturated rings. The Hall–Kier alpha value is -2.27. The molecule has 0 amide bonds. The maximum Gasteiger partial charge on any atom is 0.356 e. The lowest BCUT2D eigenvalue weighted by Gasteiger charge is -2.11. The smallest absolute Gasteiger partial charge is 0.356 e. The fourth-order valence-electron chi connectivity index (χ4n) is 2.78. The van der Waals surface area contributed by atoms with Crippen LogP contribution in [0.5, 0.6) is 5.75 Å². The predicted octanol–water partition coefficient (Wildman–Crippen LogP) is 4.64. The molecule has 0 N–H and O–H groups in total. The number of methoxy groups -OCH3 is 1. The summed E-state index contributed by atoms with van der Waals surface area (Å²) in [5.74, 6) is 0.462. The van der Waals surface area contributed by atoms with Crippen LogP contribution in [0.25, 0.3) is 10.9 Å². The summed E-state index contributed by atoms with van der Waals surface area (Å²) in [5, 5.41) is 0.989. The first-order valence-electron chi connectivity index (χ1n) is 7.72. The Kier molecular flexibility index (Phi) is 4.90. The minimum absolute atomic E-state index is 0.330. The number of rotatable bonds is 5. The van der Waals surface area contributed by atoms with E-state index in [2.05, 4.69) is 15.9 Å². The second kappa shape index (κ2) is 7.09. The molecule has 0 radical (unpaired) electrons. The van der Waals surface area contributed by atoms with Crippen LogP contribution in [0.2, 0.25) is 0 Å². The summed E-state index contributed by atoms with van der Waals surface area (Å²) in [6.07, 6.45) is 0. The molecule has 0 unspecified atom stereocenters. The standard InChI is InChI=1S/C19H18BrNO3/c1-3-24-19(22)18-17(20)15-9-4-5-10-16(15)21(18)12-13-7-6-8-14(11-13)23-2/h4-11H,3,12H2,1-2H3. The Morgan fingerprint density at radius 3 is 2.71 bits per heavy atom. The SMILES string of the molecule is CCOC(=O)c1c(Br)c2ccccc2n1Cc1cccc(OC)c1. The maximum atomic E-state index is 12.5. The van der Waals surface area contributed by atoms with E-state index in [1.165, 1.54) is 0 Å². The van der Waals surface area contributed by atoms with Crippen LogP contribution in [0.1, 0.15) is 23.0 Å². The van der Waals surface area contributed by atoms with Crippen LogP contribution in [0, 0.1) is 0 Å². The van der Waals surface area contributed by atoms with Crippen LogP contribution in [-0.4, -0.2) is 24.3 Å². The van der Waals surface area contributed by atoms with Gasteiger partial charge < -0.3 is 14.0 Å². The monoisotopic (exact) mass is 387 g/mol. The summed E-state index contributed by atoms with van der Waals surface area (Å²) in [5.41, 5.74) is 2.56. The topological polar surface area (TPSA) is 40.5 Å². The summed E-state index contributed by atoms with van der Waals surface area (Å²) in [4.78, 5) is 12.5. The van der Waals surface area contributed by atoms with Gasteiger partial charge in [0.25, 0.3) is 0 Å². The third kappa shape index (κ3) is 3.04. The van der Waals surface area contributed by atoms with E-state index in [0.717, 1.165) is 26.7 Å². The number of aromatic nitrogens is 1. The molecule has 124 valence electrons. The van der Waals surface area contributed by atoms with E-state index in [-0.39, 0.29) is 5.97 Å². The van der Waals surface area contributed by atoms with Gasteiger partial charge in [0.15, 0.2) is 0 Å². The minimum atomic E-state index is -0.330. The highest BCUT2D eigenvalue weighted by Crippen LogP contribution is 2.32. The fraction of sp³-hybridized carbons (Fsp3) is 0.211. The van der Waals surface area contributed by atoms with Gasteiger partial charge in [-0.1, -0.05) is 30.3 Å². The molecule has 2 aromatic carbocycles. The zero-order valence-corrected chi connectivity index (χ0v) is 15.2. The van der Waals surface area contributed by atoms with Gasteiger partial charge in [0.1, 0.15) is 11.4 Å². The number of hydrogen-bond acceptors (Lipinski definition) is 3. The van der Waals surface area contributed by atoms with Crippen LogP contribution < -0.4 is 4.74 Å². The highest BCUT2D eigenvalue weighted by molar-refractivity contribution is 9.10. The molecule has 1 heterocycles. The Morgan fingerprint density at radius 1 is 1.17 bits per heavy atom. The largest absolute Gasteiger partial charge is 0.497 e. The van der Waals surface area contributed by atoms with Crippen molar-refractivity contribution >= 4 is 32.8 Å². The number of nitrogens with zero attached hydrogens (tertiary/aromatic N) is 1. The molecule has 0 aliphatic rings. The molecule has 0 saturated heterocycles. The number of carbonyl (C=O) groups excluding carboxylic acids is 1. The lowest BCUT2D eigenvalue weighted by Crippen LogP contribution is -2.13. The second-order valence-electron chi connectivity index (χ2n) is 5.34. The highest BCUT2D eigenvalue weighted by atomic mass is 79.9. The average molecular weight is 388 g/mol. The summed E-state index contributed by atoms with van der Waals surface area (Å²) in [6.45, 7) is 2.70. The van der Waals surface area contributed by atoms with Gasteiger partial charge in [-0.2, -0.15) is 0 Å². The number of para-hydroxylation sites is 1. The molecular formula is C19H18BrNO3. The molecule has 0 spiro atoms. The third-order valence-electron chi connectivity index (χ3n) is 3.85. The highest BCUT2D eigenvalue weighted by Gasteiger charge is 2.22. The number of fused-ring (bicyclic) bond motifs is 1. The van der Waals surface area contributed by atoms with Crippen molar-refractivity contribution < 1.29 is 14.3 Å². The van der Waals surface area contributed by atoms with Crippen LogP contribution in [0.3, 0.4) is 0 Å². The number of benzene rings is 2. The molecule has 4 nitrogen and oxygen atoms in total. The van der Waals surface area contributed by atoms with Crippen molar-refractivity contribution in [1.29, 1.82) is 0 Å². The van der Waals surface area contributed by atoms with Crippen LogP contribution in [0.15, 0.2) is 53.0 Å². The third-order valence-corrected chi connectivity index (χ3v) is 4.66. The van der Waals surface area contributed by atoms with Crippen molar-refractivity contribution in [2.45, 2.75) is 13.5 Å². The van der Waals surface area contributed by atoms with E-state index in [0.29, 0.717) is 18.8 Å². The second-order valence-corrected chi connectivity index (χ2v) is 6.13. The zero-order chi connectivity index (χ0) is 17.1. The van der Waals surface area contributed by atoms with E-state index in [1.807, 2.05) is 53.1 Å². The maximum absolute atomic E-state index is 12.5. The molecule has 0 saturated carbocycles. The lowest BCUT2D eigenvalue weighted by atomic mass is 10.2. The first-order chi connectivity index (χ1) is 11.7. The number of ether oxygens (including phenoxy) is 2. The normalized spacial score (nSPS) is 10.8. The van der Waals surface area contributed by atoms with Crippen molar-refractivity contribution in [3.63, 3.8) is 0 Å². The minimum Gasteiger partial charge on any atom is -0.497 e. The number of hydrogen-bond donors (Lipinski definition) is 0. The Labute approximate surface area is 149 Å². The molecule has 24 heavy (non-hydrogen) atoms. The predicted molar refractivity (Wildman–Crippen MR) is 97.7 cm³/mol. The molecule has 0 aliphatic heterocycles. The van der Waals surface area contributed by atoms with Crippen molar-refractivity contribution in [1.82, 2.24) is 4.57 Å². The van der Waals surface area contributed by atoms with Crippen LogP contribution in [-0.2, 0) is 11.3 Å². The van der Waals surface area contributed by atoms with Gasteiger partial charge >= 0.3 is 5.97 Å². The average Bonchev–Trinajstić information content (AvgIpc) is 2.88. The number of carbonyl (C=O) groups is 1. The molecule has 1 aromatic heterocycles. The Balaban J connectivity index is 2.14. The number of esters is 1. The van der Waals surface area contributed by atoms with Gasteiger partial charge in [-0.3, -0.25) is 0 Å². The van der Waals surface area contributed by atoms with Gasteiger partial charge in [-0.15, -0.1) is 0 Å². The van der Waals surface area contributed by atoms with Crippen molar-refractivity contribution in [2.75, 3.05) is 13.7 Å². The van der Waals surface area contributed by atoms with E-state index in [9.17, 15) is 4.79 Å². The summed E-state index contributed by atoms with van der Waals surface area (Å²) in [7, 11) is 1.64. The lowest BCUT2D eigenvalue weighted by molar-refractivity contribution is 0.0514. The van der Waals surface area contributed by atoms with E-state index < -0.39 is 0 Å². The van der Waals surface area contributed by atoms with E-state index >= 15 is 0 Å². The molecule has 3 rings (SSSR count). The van der Waals surface area contributed by atoms with E-state index in [1.54, 1.807) is 14.0 Å². The number of halogens is 1. The molecule has 0 bridgehead atoms. The van der Waals surface area contributed by atoms with Crippen molar-refractivity contribution in [2.24, 2.45) is 0 Å². The first kappa shape index (κ1) is 16.6. The Bertz CT molecular complexity index is 885. The summed E-state index contributed by atoms with van der Waals surface area (Å²) < 4.78 is 13.3. The van der Waals surface area contributed by atoms with Crippen molar-refractivity contribution in [3.8, 4) is 5.75 Å². The summed E-state index contributed by atoms with van der Waals surface area (Å²) in [6, 6.07) is 15.7. The van der Waals surface area contributed by atoms with E-state index in [4.69, 9.17) is 9.47 Å². The fourth-order valence-corrected chi connectivity index (χ4v) is 3.49.